The third-order valence-corrected chi connectivity index (χ3v) is 3.62. The van der Waals surface area contributed by atoms with Crippen molar-refractivity contribution in [3.63, 3.8) is 0 Å². The zero-order chi connectivity index (χ0) is 14.8. The number of benzene rings is 2. The van der Waals surface area contributed by atoms with Gasteiger partial charge in [-0.15, -0.1) is 0 Å². The second kappa shape index (κ2) is 5.59. The van der Waals surface area contributed by atoms with E-state index in [4.69, 9.17) is 12.2 Å². The number of aromatic hydroxyl groups is 2. The normalized spacial score (nSPS) is 21.4. The van der Waals surface area contributed by atoms with Crippen LogP contribution in [0.15, 0.2) is 48.5 Å². The summed E-state index contributed by atoms with van der Waals surface area (Å²) in [7, 11) is 0. The summed E-state index contributed by atoms with van der Waals surface area (Å²) in [6, 6.07) is 14.1. The Hall–Kier alpha value is -2.31. The van der Waals surface area contributed by atoms with E-state index in [1.807, 2.05) is 24.3 Å². The summed E-state index contributed by atoms with van der Waals surface area (Å²) < 4.78 is 0. The van der Waals surface area contributed by atoms with E-state index in [2.05, 4.69) is 16.0 Å². The Bertz CT molecular complexity index is 622. The van der Waals surface area contributed by atoms with Crippen LogP contribution >= 0.6 is 12.2 Å². The molecule has 1 fully saturated rings. The fraction of sp³-hybridized carbons (Fsp3) is 0.133. The fourth-order valence-electron chi connectivity index (χ4n) is 2.35. The minimum Gasteiger partial charge on any atom is -0.508 e. The van der Waals surface area contributed by atoms with E-state index in [1.54, 1.807) is 24.3 Å². The van der Waals surface area contributed by atoms with Crippen LogP contribution in [0, 0.1) is 0 Å². The molecule has 5 nitrogen and oxygen atoms in total. The number of thiocarbonyl (C=S) groups is 1. The molecule has 2 aromatic carbocycles. The SMILES string of the molecule is Oc1ccccc1C1NC(=S)NC(c2ccccc2O)N1. The van der Waals surface area contributed by atoms with Crippen LogP contribution < -0.4 is 16.0 Å². The molecule has 0 amide bonds. The van der Waals surface area contributed by atoms with Crippen LogP contribution in [-0.4, -0.2) is 15.3 Å². The van der Waals surface area contributed by atoms with Gasteiger partial charge in [-0.1, -0.05) is 36.4 Å². The van der Waals surface area contributed by atoms with Crippen molar-refractivity contribution in [3.05, 3.63) is 59.7 Å². The predicted octanol–water partition coefficient (Wildman–Crippen LogP) is 1.86. The highest BCUT2D eigenvalue weighted by molar-refractivity contribution is 7.80. The van der Waals surface area contributed by atoms with Crippen LogP contribution in [0.25, 0.3) is 0 Å². The van der Waals surface area contributed by atoms with E-state index in [0.717, 1.165) is 0 Å². The molecular formula is C15H15N3O2S. The molecule has 1 saturated heterocycles. The first-order valence-electron chi connectivity index (χ1n) is 6.54. The van der Waals surface area contributed by atoms with Crippen LogP contribution in [0.3, 0.4) is 0 Å². The lowest BCUT2D eigenvalue weighted by Crippen LogP contribution is -2.55. The molecule has 3 rings (SSSR count). The van der Waals surface area contributed by atoms with Crippen LogP contribution in [0.1, 0.15) is 23.5 Å². The van der Waals surface area contributed by atoms with Gasteiger partial charge < -0.3 is 20.8 Å². The van der Waals surface area contributed by atoms with Crippen LogP contribution in [0.2, 0.25) is 0 Å². The minimum absolute atomic E-state index is 0.184. The van der Waals surface area contributed by atoms with Gasteiger partial charge in [-0.3, -0.25) is 5.32 Å². The first-order valence-corrected chi connectivity index (χ1v) is 6.95. The Morgan fingerprint density at radius 2 is 1.19 bits per heavy atom. The Kier molecular flexibility index (Phi) is 3.64. The van der Waals surface area contributed by atoms with Gasteiger partial charge >= 0.3 is 0 Å². The number of para-hydroxylation sites is 2. The molecule has 2 unspecified atom stereocenters. The van der Waals surface area contributed by atoms with Gasteiger partial charge in [0.25, 0.3) is 0 Å². The van der Waals surface area contributed by atoms with Crippen molar-refractivity contribution >= 4 is 17.3 Å². The Morgan fingerprint density at radius 1 is 0.762 bits per heavy atom. The minimum atomic E-state index is -0.343. The summed E-state index contributed by atoms with van der Waals surface area (Å²) in [4.78, 5) is 0. The number of hydrogen-bond donors (Lipinski definition) is 5. The molecule has 6 heteroatoms. The topological polar surface area (TPSA) is 76.5 Å². The van der Waals surface area contributed by atoms with Gasteiger partial charge in [-0.2, -0.15) is 0 Å². The molecule has 5 N–H and O–H groups in total. The van der Waals surface area contributed by atoms with Crippen molar-refractivity contribution in [1.82, 2.24) is 16.0 Å². The molecule has 0 aromatic heterocycles. The second-order valence-corrected chi connectivity index (χ2v) is 5.18. The van der Waals surface area contributed by atoms with Crippen molar-refractivity contribution in [3.8, 4) is 11.5 Å². The highest BCUT2D eigenvalue weighted by atomic mass is 32.1. The molecule has 21 heavy (non-hydrogen) atoms. The maximum atomic E-state index is 9.97. The number of phenols is 2. The third-order valence-electron chi connectivity index (χ3n) is 3.38. The standard InChI is InChI=1S/C15H15N3O2S/c19-11-7-3-1-5-9(11)13-16-14(18-15(21)17-13)10-6-2-4-8-12(10)20/h1-8,13-14,16,19-20H,(H2,17,18,21). The van der Waals surface area contributed by atoms with E-state index >= 15 is 0 Å². The molecule has 1 aliphatic rings. The largest absolute Gasteiger partial charge is 0.508 e. The van der Waals surface area contributed by atoms with Gasteiger partial charge in [-0.05, 0) is 24.4 Å². The van der Waals surface area contributed by atoms with Crippen LogP contribution in [0.4, 0.5) is 0 Å². The third kappa shape index (κ3) is 2.76. The quantitative estimate of drug-likeness (QED) is 0.545. The zero-order valence-corrected chi connectivity index (χ0v) is 11.9. The summed E-state index contributed by atoms with van der Waals surface area (Å²) in [6.07, 6.45) is -0.686. The summed E-state index contributed by atoms with van der Waals surface area (Å²) in [5.41, 5.74) is 1.39. The number of rotatable bonds is 2. The van der Waals surface area contributed by atoms with Gasteiger partial charge in [-0.25, -0.2) is 0 Å². The average molecular weight is 301 g/mol. The molecule has 0 radical (unpaired) electrons. The Morgan fingerprint density at radius 3 is 1.62 bits per heavy atom. The lowest BCUT2D eigenvalue weighted by atomic mass is 10.1. The summed E-state index contributed by atoms with van der Waals surface area (Å²) in [5, 5.41) is 29.8. The average Bonchev–Trinajstić information content (AvgIpc) is 2.47. The van der Waals surface area contributed by atoms with Crippen LogP contribution in [-0.2, 0) is 0 Å². The molecule has 0 saturated carbocycles. The lowest BCUT2D eigenvalue weighted by Gasteiger charge is -2.35. The van der Waals surface area contributed by atoms with Crippen molar-refractivity contribution in [1.29, 1.82) is 0 Å². The van der Waals surface area contributed by atoms with Gasteiger partial charge in [0.1, 0.15) is 23.8 Å². The van der Waals surface area contributed by atoms with E-state index in [9.17, 15) is 10.2 Å². The molecule has 108 valence electrons. The number of hydrogen-bond acceptors (Lipinski definition) is 4. The first kappa shape index (κ1) is 13.7. The van der Waals surface area contributed by atoms with E-state index in [1.165, 1.54) is 0 Å². The lowest BCUT2D eigenvalue weighted by molar-refractivity contribution is 0.346. The summed E-state index contributed by atoms with van der Waals surface area (Å²) in [6.45, 7) is 0. The van der Waals surface area contributed by atoms with E-state index in [0.29, 0.717) is 16.2 Å². The Balaban J connectivity index is 1.91. The molecule has 1 heterocycles. The van der Waals surface area contributed by atoms with Gasteiger partial charge in [0.05, 0.1) is 0 Å². The van der Waals surface area contributed by atoms with Gasteiger partial charge in [0.2, 0.25) is 0 Å². The first-order chi connectivity index (χ1) is 10.1. The van der Waals surface area contributed by atoms with E-state index < -0.39 is 0 Å². The monoisotopic (exact) mass is 301 g/mol. The summed E-state index contributed by atoms with van der Waals surface area (Å²) >= 11 is 5.22. The zero-order valence-electron chi connectivity index (χ0n) is 11.1. The smallest absolute Gasteiger partial charge is 0.169 e. The highest BCUT2D eigenvalue weighted by Gasteiger charge is 2.27. The molecule has 0 spiro atoms. The van der Waals surface area contributed by atoms with Gasteiger partial charge in [0.15, 0.2) is 5.11 Å². The molecule has 0 aliphatic carbocycles. The number of nitrogens with one attached hydrogen (secondary N) is 3. The van der Waals surface area contributed by atoms with Crippen molar-refractivity contribution in [2.45, 2.75) is 12.3 Å². The van der Waals surface area contributed by atoms with Crippen molar-refractivity contribution < 1.29 is 10.2 Å². The van der Waals surface area contributed by atoms with Gasteiger partial charge in [0, 0.05) is 11.1 Å². The Labute approximate surface area is 127 Å². The van der Waals surface area contributed by atoms with E-state index in [-0.39, 0.29) is 23.8 Å². The molecule has 1 aliphatic heterocycles. The van der Waals surface area contributed by atoms with Crippen molar-refractivity contribution in [2.24, 2.45) is 0 Å². The number of phenolic OH excluding ortho intramolecular Hbond substituents is 2. The van der Waals surface area contributed by atoms with Crippen molar-refractivity contribution in [2.75, 3.05) is 0 Å². The maximum Gasteiger partial charge on any atom is 0.169 e. The fourth-order valence-corrected chi connectivity index (χ4v) is 2.59. The highest BCUT2D eigenvalue weighted by Crippen LogP contribution is 2.29. The molecule has 2 aromatic rings. The molecule has 2 atom stereocenters. The maximum absolute atomic E-state index is 9.97. The van der Waals surface area contributed by atoms with Crippen LogP contribution in [0.5, 0.6) is 11.5 Å². The molecule has 0 bridgehead atoms. The molecular weight excluding hydrogens is 286 g/mol. The summed E-state index contributed by atoms with van der Waals surface area (Å²) in [5.74, 6) is 0.367. The predicted molar refractivity (Wildman–Crippen MR) is 83.7 cm³/mol. The second-order valence-electron chi connectivity index (χ2n) is 4.77.